The molecule has 15 heavy (non-hydrogen) atoms. The lowest BCUT2D eigenvalue weighted by Crippen LogP contribution is -2.24. The molecule has 0 aliphatic rings. The highest BCUT2D eigenvalue weighted by molar-refractivity contribution is 5.46. The summed E-state index contributed by atoms with van der Waals surface area (Å²) in [6.45, 7) is 1.08. The fraction of sp³-hybridized carbons (Fsp3) is 0.333. The quantitative estimate of drug-likeness (QED) is 0.615. The van der Waals surface area contributed by atoms with E-state index in [4.69, 9.17) is 0 Å². The Kier molecular flexibility index (Phi) is 3.49. The number of hydrogen-bond donors (Lipinski definition) is 1. The molecule has 84 valence electrons. The summed E-state index contributed by atoms with van der Waals surface area (Å²) >= 11 is 0. The van der Waals surface area contributed by atoms with Crippen molar-refractivity contribution in [1.82, 2.24) is 0 Å². The summed E-state index contributed by atoms with van der Waals surface area (Å²) in [4.78, 5) is 0. The number of hydrogen-bond acceptors (Lipinski definition) is 1. The van der Waals surface area contributed by atoms with Crippen molar-refractivity contribution >= 4 is 5.69 Å². The van der Waals surface area contributed by atoms with Gasteiger partial charge in [0.2, 0.25) is 0 Å². The Bertz CT molecular complexity index is 353. The van der Waals surface area contributed by atoms with Crippen LogP contribution in [0.1, 0.15) is 6.92 Å². The van der Waals surface area contributed by atoms with Crippen LogP contribution in [-0.2, 0) is 0 Å². The predicted octanol–water partition coefficient (Wildman–Crippen LogP) is 3.17. The third-order valence-electron chi connectivity index (χ3n) is 1.75. The molecule has 1 N–H and O–H groups in total. The van der Waals surface area contributed by atoms with Crippen molar-refractivity contribution in [3.05, 3.63) is 29.6 Å². The zero-order valence-electron chi connectivity index (χ0n) is 7.70. The first-order valence-electron chi connectivity index (χ1n) is 4.11. The third kappa shape index (κ3) is 2.81. The molecule has 0 fully saturated rings. The number of rotatable bonds is 3. The van der Waals surface area contributed by atoms with E-state index in [0.717, 1.165) is 6.92 Å². The summed E-state index contributed by atoms with van der Waals surface area (Å²) in [5.41, 5.74) is -0.611. The predicted molar refractivity (Wildman–Crippen MR) is 45.4 cm³/mol. The maximum Gasteiger partial charge on any atom is 0.258 e. The van der Waals surface area contributed by atoms with Crippen LogP contribution in [0.25, 0.3) is 0 Å². The Hall–Kier alpha value is -1.33. The van der Waals surface area contributed by atoms with Crippen LogP contribution in [0.3, 0.4) is 0 Å². The molecule has 1 aromatic rings. The Morgan fingerprint density at radius 3 is 2.27 bits per heavy atom. The van der Waals surface area contributed by atoms with Crippen molar-refractivity contribution in [3.8, 4) is 0 Å². The molecule has 0 aliphatic carbocycles. The van der Waals surface area contributed by atoms with Crippen molar-refractivity contribution in [3.63, 3.8) is 0 Å². The summed E-state index contributed by atoms with van der Waals surface area (Å²) < 4.78 is 62.4. The maximum atomic E-state index is 13.0. The highest BCUT2D eigenvalue weighted by Crippen LogP contribution is 2.20. The summed E-state index contributed by atoms with van der Waals surface area (Å²) in [6.07, 6.45) is -2.75. The van der Waals surface area contributed by atoms with E-state index < -0.39 is 35.6 Å². The van der Waals surface area contributed by atoms with Gasteiger partial charge in [-0.05, 0) is 6.92 Å². The molecular weight excluding hydrogens is 217 g/mol. The van der Waals surface area contributed by atoms with E-state index in [0.29, 0.717) is 12.1 Å². The topological polar surface area (TPSA) is 12.0 Å². The maximum absolute atomic E-state index is 13.0. The fourth-order valence-electron chi connectivity index (χ4n) is 0.969. The molecule has 0 radical (unpaired) electrons. The van der Waals surface area contributed by atoms with Gasteiger partial charge < -0.3 is 5.32 Å². The molecule has 0 amide bonds. The van der Waals surface area contributed by atoms with Crippen molar-refractivity contribution < 1.29 is 22.0 Å². The van der Waals surface area contributed by atoms with Crippen molar-refractivity contribution in [1.29, 1.82) is 0 Å². The van der Waals surface area contributed by atoms with Crippen LogP contribution in [0.15, 0.2) is 12.1 Å². The largest absolute Gasteiger partial charge is 0.374 e. The number of anilines is 1. The van der Waals surface area contributed by atoms with Crippen molar-refractivity contribution in [2.24, 2.45) is 0 Å². The molecule has 1 atom stereocenters. The van der Waals surface area contributed by atoms with Gasteiger partial charge in [0.15, 0.2) is 11.6 Å². The molecule has 0 heterocycles. The first kappa shape index (κ1) is 11.7. The molecule has 0 aliphatic heterocycles. The summed E-state index contributed by atoms with van der Waals surface area (Å²) in [5, 5.41) is 1.99. The number of nitrogens with one attached hydrogen (secondary N) is 1. The molecule has 6 heteroatoms. The van der Waals surface area contributed by atoms with Crippen LogP contribution in [-0.4, -0.2) is 12.5 Å². The Morgan fingerprint density at radius 1 is 1.13 bits per heavy atom. The second-order valence-corrected chi connectivity index (χ2v) is 3.02. The molecular formula is C9H8F5N. The van der Waals surface area contributed by atoms with E-state index >= 15 is 0 Å². The van der Waals surface area contributed by atoms with Crippen LogP contribution in [0.2, 0.25) is 0 Å². The summed E-state index contributed by atoms with van der Waals surface area (Å²) in [6, 6.07) is -0.425. The average Bonchev–Trinajstić information content (AvgIpc) is 2.13. The molecule has 0 aromatic heterocycles. The zero-order chi connectivity index (χ0) is 11.6. The minimum absolute atomic E-state index is 0.341. The van der Waals surface area contributed by atoms with Gasteiger partial charge in [-0.3, -0.25) is 0 Å². The molecule has 1 unspecified atom stereocenters. The van der Waals surface area contributed by atoms with Crippen LogP contribution in [0, 0.1) is 17.5 Å². The number of halogens is 5. The van der Waals surface area contributed by atoms with E-state index in [9.17, 15) is 22.0 Å². The van der Waals surface area contributed by atoms with Gasteiger partial charge in [-0.1, -0.05) is 0 Å². The Labute approximate surface area is 82.9 Å². The third-order valence-corrected chi connectivity index (χ3v) is 1.75. The smallest absolute Gasteiger partial charge is 0.258 e. The lowest BCUT2D eigenvalue weighted by molar-refractivity contribution is 0.130. The fourth-order valence-corrected chi connectivity index (χ4v) is 0.969. The van der Waals surface area contributed by atoms with E-state index in [-0.39, 0.29) is 0 Å². The first-order valence-corrected chi connectivity index (χ1v) is 4.11. The van der Waals surface area contributed by atoms with Gasteiger partial charge in [-0.2, -0.15) is 0 Å². The van der Waals surface area contributed by atoms with Gasteiger partial charge in [0.1, 0.15) is 5.82 Å². The van der Waals surface area contributed by atoms with E-state index in [1.54, 1.807) is 0 Å². The summed E-state index contributed by atoms with van der Waals surface area (Å²) in [5.74, 6) is -3.82. The summed E-state index contributed by atoms with van der Waals surface area (Å²) in [7, 11) is 0. The average molecular weight is 225 g/mol. The van der Waals surface area contributed by atoms with Crippen LogP contribution in [0.5, 0.6) is 0 Å². The van der Waals surface area contributed by atoms with Gasteiger partial charge in [0, 0.05) is 12.1 Å². The Balaban J connectivity index is 2.94. The molecule has 1 nitrogen and oxygen atoms in total. The standard InChI is InChI=1S/C9H8F5N/c1-4(9(13)14)15-7-3-5(10)2-6(11)8(7)12/h2-4,9,15H,1H3. The first-order chi connectivity index (χ1) is 6.91. The molecule has 0 spiro atoms. The highest BCUT2D eigenvalue weighted by Gasteiger charge is 2.18. The number of benzene rings is 1. The minimum Gasteiger partial charge on any atom is -0.374 e. The molecule has 1 rings (SSSR count). The van der Waals surface area contributed by atoms with Gasteiger partial charge in [0.05, 0.1) is 11.7 Å². The molecule has 0 saturated heterocycles. The molecule has 1 aromatic carbocycles. The lowest BCUT2D eigenvalue weighted by atomic mass is 10.2. The normalized spacial score (nSPS) is 13.0. The second-order valence-electron chi connectivity index (χ2n) is 3.02. The molecule has 0 bridgehead atoms. The molecule has 0 saturated carbocycles. The highest BCUT2D eigenvalue weighted by atomic mass is 19.3. The second kappa shape index (κ2) is 4.46. The van der Waals surface area contributed by atoms with Crippen molar-refractivity contribution in [2.45, 2.75) is 19.4 Å². The monoisotopic (exact) mass is 225 g/mol. The minimum atomic E-state index is -2.75. The van der Waals surface area contributed by atoms with Gasteiger partial charge in [-0.25, -0.2) is 22.0 Å². The lowest BCUT2D eigenvalue weighted by Gasteiger charge is -2.14. The van der Waals surface area contributed by atoms with Crippen LogP contribution in [0.4, 0.5) is 27.6 Å². The van der Waals surface area contributed by atoms with Gasteiger partial charge >= 0.3 is 0 Å². The van der Waals surface area contributed by atoms with E-state index in [1.165, 1.54) is 0 Å². The van der Waals surface area contributed by atoms with Gasteiger partial charge in [-0.15, -0.1) is 0 Å². The van der Waals surface area contributed by atoms with Crippen molar-refractivity contribution in [2.75, 3.05) is 5.32 Å². The SMILES string of the molecule is CC(Nc1cc(F)cc(F)c1F)C(F)F. The van der Waals surface area contributed by atoms with Crippen LogP contribution < -0.4 is 5.32 Å². The van der Waals surface area contributed by atoms with E-state index in [2.05, 4.69) is 0 Å². The zero-order valence-corrected chi connectivity index (χ0v) is 7.70. The Morgan fingerprint density at radius 2 is 1.73 bits per heavy atom. The number of alkyl halides is 2. The van der Waals surface area contributed by atoms with Crippen LogP contribution >= 0.6 is 0 Å². The van der Waals surface area contributed by atoms with Gasteiger partial charge in [0.25, 0.3) is 6.43 Å². The van der Waals surface area contributed by atoms with E-state index in [1.807, 2.05) is 5.32 Å².